The van der Waals surface area contributed by atoms with E-state index >= 15 is 0 Å². The lowest BCUT2D eigenvalue weighted by molar-refractivity contribution is -0.122. The summed E-state index contributed by atoms with van der Waals surface area (Å²) in [5.74, 6) is 0.557. The Kier molecular flexibility index (Phi) is 3.98. The van der Waals surface area contributed by atoms with Crippen LogP contribution in [0.25, 0.3) is 0 Å². The molecular formula is C15H23N3O. The van der Waals surface area contributed by atoms with Gasteiger partial charge in [0.25, 0.3) is 0 Å². The number of amides is 1. The molecule has 0 bridgehead atoms. The molecule has 19 heavy (non-hydrogen) atoms. The van der Waals surface area contributed by atoms with Gasteiger partial charge in [-0.3, -0.25) is 4.79 Å². The van der Waals surface area contributed by atoms with Crippen molar-refractivity contribution in [1.29, 1.82) is 0 Å². The Morgan fingerprint density at radius 1 is 1.42 bits per heavy atom. The first kappa shape index (κ1) is 13.7. The average molecular weight is 261 g/mol. The number of hydrogen-bond acceptors (Lipinski definition) is 3. The van der Waals surface area contributed by atoms with Crippen molar-refractivity contribution in [2.45, 2.75) is 33.2 Å². The molecule has 4 nitrogen and oxygen atoms in total. The molecule has 2 rings (SSSR count). The summed E-state index contributed by atoms with van der Waals surface area (Å²) in [5.41, 5.74) is 9.09. The summed E-state index contributed by atoms with van der Waals surface area (Å²) < 4.78 is 0. The predicted molar refractivity (Wildman–Crippen MR) is 79.2 cm³/mol. The van der Waals surface area contributed by atoms with E-state index in [4.69, 9.17) is 5.73 Å². The highest BCUT2D eigenvalue weighted by atomic mass is 16.2. The summed E-state index contributed by atoms with van der Waals surface area (Å²) in [7, 11) is 0. The predicted octanol–water partition coefficient (Wildman–Crippen LogP) is 1.79. The third kappa shape index (κ3) is 2.83. The second kappa shape index (κ2) is 5.51. The number of fused-ring (bicyclic) bond motifs is 1. The van der Waals surface area contributed by atoms with Crippen molar-refractivity contribution in [2.75, 3.05) is 23.7 Å². The monoisotopic (exact) mass is 261 g/mol. The van der Waals surface area contributed by atoms with Crippen LogP contribution in [0.1, 0.15) is 26.3 Å². The van der Waals surface area contributed by atoms with E-state index in [9.17, 15) is 4.79 Å². The van der Waals surface area contributed by atoms with Crippen molar-refractivity contribution < 1.29 is 4.79 Å². The molecule has 1 atom stereocenters. The van der Waals surface area contributed by atoms with E-state index in [0.29, 0.717) is 5.92 Å². The van der Waals surface area contributed by atoms with Gasteiger partial charge in [0, 0.05) is 30.0 Å². The molecule has 1 aromatic carbocycles. The highest BCUT2D eigenvalue weighted by Crippen LogP contribution is 2.33. The van der Waals surface area contributed by atoms with Crippen LogP contribution in [-0.2, 0) is 11.2 Å². The Morgan fingerprint density at radius 3 is 2.84 bits per heavy atom. The van der Waals surface area contributed by atoms with Gasteiger partial charge in [-0.2, -0.15) is 0 Å². The number of nitrogens with one attached hydrogen (secondary N) is 1. The minimum absolute atomic E-state index is 0.0870. The van der Waals surface area contributed by atoms with Gasteiger partial charge >= 0.3 is 0 Å². The molecule has 1 aliphatic heterocycles. The van der Waals surface area contributed by atoms with Crippen LogP contribution in [0.2, 0.25) is 0 Å². The van der Waals surface area contributed by atoms with Gasteiger partial charge in [-0.25, -0.2) is 0 Å². The Hall–Kier alpha value is -1.71. The number of carbonyl (C=O) groups is 1. The normalized spacial score (nSPS) is 15.5. The van der Waals surface area contributed by atoms with Crippen LogP contribution >= 0.6 is 0 Å². The maximum absolute atomic E-state index is 12.1. The van der Waals surface area contributed by atoms with E-state index in [-0.39, 0.29) is 11.9 Å². The van der Waals surface area contributed by atoms with E-state index in [0.717, 1.165) is 30.9 Å². The Labute approximate surface area is 115 Å². The number of benzene rings is 1. The molecular weight excluding hydrogens is 238 g/mol. The largest absolute Gasteiger partial charge is 0.398 e. The van der Waals surface area contributed by atoms with Gasteiger partial charge in [0.05, 0.1) is 0 Å². The molecule has 1 amide bonds. The molecule has 104 valence electrons. The summed E-state index contributed by atoms with van der Waals surface area (Å²) in [6.45, 7) is 7.72. The topological polar surface area (TPSA) is 58.4 Å². The summed E-state index contributed by atoms with van der Waals surface area (Å²) in [6, 6.07) is 5.77. The zero-order valence-electron chi connectivity index (χ0n) is 11.9. The van der Waals surface area contributed by atoms with E-state index < -0.39 is 0 Å². The number of rotatable bonds is 4. The second-order valence-corrected chi connectivity index (χ2v) is 5.60. The third-order valence-corrected chi connectivity index (χ3v) is 3.63. The van der Waals surface area contributed by atoms with E-state index in [1.54, 1.807) is 0 Å². The van der Waals surface area contributed by atoms with Gasteiger partial charge in [-0.05, 0) is 31.4 Å². The number of nitrogen functional groups attached to an aromatic ring is 1. The van der Waals surface area contributed by atoms with E-state index in [1.165, 1.54) is 5.56 Å². The SMILES string of the molecule is CC(C)CNC(=O)C(C)N1CCc2c(N)cccc21. The second-order valence-electron chi connectivity index (χ2n) is 5.60. The van der Waals surface area contributed by atoms with Crippen molar-refractivity contribution in [3.8, 4) is 0 Å². The quantitative estimate of drug-likeness (QED) is 0.812. The highest BCUT2D eigenvalue weighted by Gasteiger charge is 2.28. The van der Waals surface area contributed by atoms with Gasteiger partial charge in [0.15, 0.2) is 0 Å². The molecule has 0 fully saturated rings. The van der Waals surface area contributed by atoms with Gasteiger partial charge in [0.2, 0.25) is 5.91 Å². The highest BCUT2D eigenvalue weighted by molar-refractivity contribution is 5.86. The summed E-state index contributed by atoms with van der Waals surface area (Å²) in [5, 5.41) is 2.99. The zero-order valence-corrected chi connectivity index (χ0v) is 11.9. The lowest BCUT2D eigenvalue weighted by Crippen LogP contribution is -2.45. The van der Waals surface area contributed by atoms with Crippen LogP contribution in [0.5, 0.6) is 0 Å². The Morgan fingerprint density at radius 2 is 2.16 bits per heavy atom. The number of hydrogen-bond donors (Lipinski definition) is 2. The van der Waals surface area contributed by atoms with Gasteiger partial charge < -0.3 is 16.0 Å². The molecule has 1 heterocycles. The van der Waals surface area contributed by atoms with Crippen molar-refractivity contribution in [3.05, 3.63) is 23.8 Å². The molecule has 1 aliphatic rings. The smallest absolute Gasteiger partial charge is 0.242 e. The minimum atomic E-state index is -0.151. The molecule has 0 radical (unpaired) electrons. The van der Waals surface area contributed by atoms with Crippen LogP contribution in [-0.4, -0.2) is 25.0 Å². The molecule has 0 spiro atoms. The van der Waals surface area contributed by atoms with E-state index in [1.807, 2.05) is 25.1 Å². The van der Waals surface area contributed by atoms with Crippen LogP contribution in [0, 0.1) is 5.92 Å². The molecule has 1 aromatic rings. The van der Waals surface area contributed by atoms with Crippen LogP contribution in [0.15, 0.2) is 18.2 Å². The summed E-state index contributed by atoms with van der Waals surface area (Å²) in [4.78, 5) is 14.3. The van der Waals surface area contributed by atoms with Crippen LogP contribution in [0.3, 0.4) is 0 Å². The minimum Gasteiger partial charge on any atom is -0.398 e. The average Bonchev–Trinajstić information content (AvgIpc) is 2.80. The molecule has 4 heteroatoms. The molecule has 0 saturated carbocycles. The van der Waals surface area contributed by atoms with Crippen molar-refractivity contribution >= 4 is 17.3 Å². The van der Waals surface area contributed by atoms with Crippen molar-refractivity contribution in [2.24, 2.45) is 5.92 Å². The fourth-order valence-electron chi connectivity index (χ4n) is 2.48. The van der Waals surface area contributed by atoms with Gasteiger partial charge in [-0.1, -0.05) is 19.9 Å². The van der Waals surface area contributed by atoms with E-state index in [2.05, 4.69) is 24.1 Å². The van der Waals surface area contributed by atoms with Gasteiger partial charge in [-0.15, -0.1) is 0 Å². The van der Waals surface area contributed by atoms with Crippen molar-refractivity contribution in [1.82, 2.24) is 5.32 Å². The molecule has 1 unspecified atom stereocenters. The first-order valence-electron chi connectivity index (χ1n) is 6.92. The molecule has 3 N–H and O–H groups in total. The number of carbonyl (C=O) groups excluding carboxylic acids is 1. The first-order valence-corrected chi connectivity index (χ1v) is 6.92. The Bertz CT molecular complexity index is 470. The molecule has 0 aromatic heterocycles. The molecule has 0 aliphatic carbocycles. The first-order chi connectivity index (χ1) is 9.00. The summed E-state index contributed by atoms with van der Waals surface area (Å²) in [6.07, 6.45) is 0.920. The summed E-state index contributed by atoms with van der Waals surface area (Å²) >= 11 is 0. The van der Waals surface area contributed by atoms with Crippen LogP contribution < -0.4 is 16.0 Å². The fraction of sp³-hybridized carbons (Fsp3) is 0.533. The maximum atomic E-state index is 12.1. The van der Waals surface area contributed by atoms with Crippen LogP contribution in [0.4, 0.5) is 11.4 Å². The maximum Gasteiger partial charge on any atom is 0.242 e. The third-order valence-electron chi connectivity index (χ3n) is 3.63. The fourth-order valence-corrected chi connectivity index (χ4v) is 2.48. The number of nitrogens with zero attached hydrogens (tertiary/aromatic N) is 1. The zero-order chi connectivity index (χ0) is 14.0. The lowest BCUT2D eigenvalue weighted by Gasteiger charge is -2.26. The molecule has 0 saturated heterocycles. The number of nitrogens with two attached hydrogens (primary N) is 1. The standard InChI is InChI=1S/C15H23N3O/c1-10(2)9-17-15(19)11(3)18-8-7-12-13(16)5-4-6-14(12)18/h4-6,10-11H,7-9,16H2,1-3H3,(H,17,19). The van der Waals surface area contributed by atoms with Gasteiger partial charge in [0.1, 0.15) is 6.04 Å². The Balaban J connectivity index is 2.08. The lowest BCUT2D eigenvalue weighted by atomic mass is 10.1. The van der Waals surface area contributed by atoms with Crippen molar-refractivity contribution in [3.63, 3.8) is 0 Å². The number of anilines is 2.